The number of hydrogen-bond acceptors (Lipinski definition) is 4. The number of benzene rings is 1. The molecule has 0 bridgehead atoms. The summed E-state index contributed by atoms with van der Waals surface area (Å²) in [5.41, 5.74) is 1.98. The number of thiophene rings is 1. The van der Waals surface area contributed by atoms with Crippen LogP contribution in [0, 0.1) is 5.92 Å². The fourth-order valence-corrected chi connectivity index (χ4v) is 7.01. The van der Waals surface area contributed by atoms with Crippen molar-refractivity contribution in [2.45, 2.75) is 57.1 Å². The van der Waals surface area contributed by atoms with E-state index in [0.717, 1.165) is 62.7 Å². The molecule has 1 saturated heterocycles. The Morgan fingerprint density at radius 1 is 1.09 bits per heavy atom. The number of fused-ring (bicyclic) bond motifs is 1. The smallest absolute Gasteiger partial charge is 0.242 e. The van der Waals surface area contributed by atoms with E-state index in [2.05, 4.69) is 11.4 Å². The molecule has 1 saturated carbocycles. The van der Waals surface area contributed by atoms with Crippen LogP contribution in [0.4, 0.5) is 0 Å². The van der Waals surface area contributed by atoms with Crippen LogP contribution in [0.25, 0.3) is 0 Å². The molecule has 0 N–H and O–H groups in total. The average molecular weight is 522 g/mol. The number of carbonyl (C=O) groups is 2. The van der Waals surface area contributed by atoms with Crippen molar-refractivity contribution in [1.82, 2.24) is 9.80 Å². The topological polar surface area (TPSA) is 49.9 Å². The molecule has 0 radical (unpaired) electrons. The quantitative estimate of drug-likeness (QED) is 0.488. The molecule has 182 valence electrons. The third kappa shape index (κ3) is 5.01. The monoisotopic (exact) mass is 520 g/mol. The standard InChI is InChI=1S/C26H30Cl2N2O3S/c27-18-7-8-20(22(28)14-18)25-21-10-13-34-23(21)9-11-30(25)24(31)16-29(15-19-6-3-12-33-19)26(32)17-4-1-2-5-17/h7-8,10,13-14,17,19,25H,1-6,9,11-12,15-16H2. The summed E-state index contributed by atoms with van der Waals surface area (Å²) in [7, 11) is 0. The van der Waals surface area contributed by atoms with Gasteiger partial charge in [0.15, 0.2) is 0 Å². The molecular formula is C26H30Cl2N2O3S. The third-order valence-electron chi connectivity index (χ3n) is 7.33. The second-order valence-electron chi connectivity index (χ2n) is 9.54. The van der Waals surface area contributed by atoms with Crippen molar-refractivity contribution in [3.8, 4) is 0 Å². The highest BCUT2D eigenvalue weighted by atomic mass is 35.5. The number of nitrogens with zero attached hydrogens (tertiary/aromatic N) is 2. The molecule has 34 heavy (non-hydrogen) atoms. The van der Waals surface area contributed by atoms with E-state index in [-0.39, 0.29) is 36.4 Å². The summed E-state index contributed by atoms with van der Waals surface area (Å²) in [5, 5.41) is 3.19. The Morgan fingerprint density at radius 3 is 2.65 bits per heavy atom. The summed E-state index contributed by atoms with van der Waals surface area (Å²) in [5.74, 6) is 0.0911. The Balaban J connectivity index is 1.41. The minimum atomic E-state index is -0.279. The first-order valence-corrected chi connectivity index (χ1v) is 13.9. The van der Waals surface area contributed by atoms with Crippen molar-refractivity contribution in [3.63, 3.8) is 0 Å². The van der Waals surface area contributed by atoms with E-state index in [1.54, 1.807) is 22.3 Å². The highest BCUT2D eigenvalue weighted by Crippen LogP contribution is 2.41. The van der Waals surface area contributed by atoms with Gasteiger partial charge in [-0.25, -0.2) is 0 Å². The number of halogens is 2. The first-order valence-electron chi connectivity index (χ1n) is 12.2. The van der Waals surface area contributed by atoms with Crippen LogP contribution in [0.1, 0.15) is 60.6 Å². The van der Waals surface area contributed by atoms with Gasteiger partial charge >= 0.3 is 0 Å². The third-order valence-corrected chi connectivity index (χ3v) is 8.89. The SMILES string of the molecule is O=C(C1CCCC1)N(CC(=O)N1CCc2sccc2C1c1ccc(Cl)cc1Cl)CC1CCCO1. The Morgan fingerprint density at radius 2 is 1.91 bits per heavy atom. The van der Waals surface area contributed by atoms with Crippen molar-refractivity contribution in [3.05, 3.63) is 55.7 Å². The molecule has 3 heterocycles. The van der Waals surface area contributed by atoms with Gasteiger partial charge in [0.2, 0.25) is 11.8 Å². The highest BCUT2D eigenvalue weighted by molar-refractivity contribution is 7.10. The second kappa shape index (κ2) is 10.6. The van der Waals surface area contributed by atoms with Crippen molar-refractivity contribution in [2.75, 3.05) is 26.2 Å². The summed E-state index contributed by atoms with van der Waals surface area (Å²) in [6.07, 6.45) is 6.78. The lowest BCUT2D eigenvalue weighted by molar-refractivity contribution is -0.145. The van der Waals surface area contributed by atoms with E-state index in [1.807, 2.05) is 17.0 Å². The molecule has 5 nitrogen and oxygen atoms in total. The normalized spacial score (nSPS) is 22.7. The van der Waals surface area contributed by atoms with Gasteiger partial charge in [0.05, 0.1) is 18.7 Å². The summed E-state index contributed by atoms with van der Waals surface area (Å²) in [6.45, 7) is 1.90. The second-order valence-corrected chi connectivity index (χ2v) is 11.4. The molecule has 0 spiro atoms. The van der Waals surface area contributed by atoms with E-state index >= 15 is 0 Å². The highest BCUT2D eigenvalue weighted by Gasteiger charge is 2.37. The van der Waals surface area contributed by atoms with Gasteiger partial charge in [0.25, 0.3) is 0 Å². The Labute approximate surface area is 215 Å². The lowest BCUT2D eigenvalue weighted by Crippen LogP contribution is -2.49. The molecule has 1 aliphatic carbocycles. The first-order chi connectivity index (χ1) is 16.5. The van der Waals surface area contributed by atoms with Crippen LogP contribution in [0.5, 0.6) is 0 Å². The summed E-state index contributed by atoms with van der Waals surface area (Å²) in [4.78, 5) is 32.2. The predicted octanol–water partition coefficient (Wildman–Crippen LogP) is 5.73. The number of rotatable bonds is 6. The molecule has 2 atom stereocenters. The van der Waals surface area contributed by atoms with Crippen molar-refractivity contribution in [2.24, 2.45) is 5.92 Å². The molecule has 1 aromatic heterocycles. The van der Waals surface area contributed by atoms with Gasteiger partial charge in [-0.1, -0.05) is 42.1 Å². The van der Waals surface area contributed by atoms with Gasteiger partial charge in [-0.15, -0.1) is 11.3 Å². The van der Waals surface area contributed by atoms with Crippen LogP contribution in [0.3, 0.4) is 0 Å². The van der Waals surface area contributed by atoms with Crippen LogP contribution < -0.4 is 0 Å². The minimum absolute atomic E-state index is 0.0180. The molecule has 1 aromatic carbocycles. The van der Waals surface area contributed by atoms with Gasteiger partial charge in [0, 0.05) is 40.5 Å². The molecule has 2 amide bonds. The number of ether oxygens (including phenoxy) is 1. The predicted molar refractivity (Wildman–Crippen MR) is 136 cm³/mol. The van der Waals surface area contributed by atoms with Crippen LogP contribution in [-0.2, 0) is 20.7 Å². The van der Waals surface area contributed by atoms with Gasteiger partial charge in [-0.2, -0.15) is 0 Å². The Bertz CT molecular complexity index is 1050. The van der Waals surface area contributed by atoms with E-state index in [4.69, 9.17) is 27.9 Å². The fourth-order valence-electron chi connectivity index (χ4n) is 5.60. The zero-order chi connectivity index (χ0) is 23.7. The maximum absolute atomic E-state index is 13.8. The minimum Gasteiger partial charge on any atom is -0.376 e. The number of carbonyl (C=O) groups excluding carboxylic acids is 2. The molecule has 2 aromatic rings. The van der Waals surface area contributed by atoms with Crippen LogP contribution in [0.15, 0.2) is 29.6 Å². The maximum Gasteiger partial charge on any atom is 0.242 e. The van der Waals surface area contributed by atoms with Crippen LogP contribution in [-0.4, -0.2) is 54.0 Å². The van der Waals surface area contributed by atoms with Gasteiger partial charge < -0.3 is 14.5 Å². The van der Waals surface area contributed by atoms with E-state index < -0.39 is 0 Å². The molecule has 3 aliphatic rings. The van der Waals surface area contributed by atoms with Gasteiger partial charge in [-0.3, -0.25) is 9.59 Å². The summed E-state index contributed by atoms with van der Waals surface area (Å²) >= 11 is 14.5. The largest absolute Gasteiger partial charge is 0.376 e. The Kier molecular flexibility index (Phi) is 7.49. The summed E-state index contributed by atoms with van der Waals surface area (Å²) in [6, 6.07) is 7.27. The molecule has 2 fully saturated rings. The van der Waals surface area contributed by atoms with Crippen molar-refractivity contribution >= 4 is 46.4 Å². The molecule has 5 rings (SSSR count). The molecule has 8 heteroatoms. The molecule has 2 unspecified atom stereocenters. The van der Waals surface area contributed by atoms with Crippen LogP contribution >= 0.6 is 34.5 Å². The van der Waals surface area contributed by atoms with E-state index in [1.165, 1.54) is 4.88 Å². The number of amides is 2. The zero-order valence-corrected chi connectivity index (χ0v) is 21.5. The average Bonchev–Trinajstić information content (AvgIpc) is 3.60. The number of hydrogen-bond donors (Lipinski definition) is 0. The van der Waals surface area contributed by atoms with Crippen molar-refractivity contribution < 1.29 is 14.3 Å². The first kappa shape index (κ1) is 24.1. The van der Waals surface area contributed by atoms with E-state index in [0.29, 0.717) is 23.1 Å². The van der Waals surface area contributed by atoms with Gasteiger partial charge in [0.1, 0.15) is 0 Å². The van der Waals surface area contributed by atoms with Crippen LogP contribution in [0.2, 0.25) is 10.0 Å². The molecular weight excluding hydrogens is 491 g/mol. The fraction of sp³-hybridized carbons (Fsp3) is 0.538. The van der Waals surface area contributed by atoms with E-state index in [9.17, 15) is 9.59 Å². The summed E-state index contributed by atoms with van der Waals surface area (Å²) < 4.78 is 5.83. The maximum atomic E-state index is 13.8. The zero-order valence-electron chi connectivity index (χ0n) is 19.2. The molecule has 2 aliphatic heterocycles. The lowest BCUT2D eigenvalue weighted by atomic mass is 9.93. The lowest BCUT2D eigenvalue weighted by Gasteiger charge is -2.38. The van der Waals surface area contributed by atoms with Crippen molar-refractivity contribution in [1.29, 1.82) is 0 Å². The Hall–Kier alpha value is -1.60. The van der Waals surface area contributed by atoms with Gasteiger partial charge in [-0.05, 0) is 66.8 Å².